The Labute approximate surface area is 126 Å². The van der Waals surface area contributed by atoms with Crippen LogP contribution in [0, 0.1) is 11.6 Å². The molecule has 0 spiro atoms. The van der Waals surface area contributed by atoms with Gasteiger partial charge in [0.05, 0.1) is 5.41 Å². The Morgan fingerprint density at radius 2 is 1.95 bits per heavy atom. The number of rotatable bonds is 4. The molecular weight excluding hydrogens is 296 g/mol. The van der Waals surface area contributed by atoms with E-state index in [1.807, 2.05) is 0 Å². The molecule has 1 aromatic rings. The number of hydrogen-bond acceptors (Lipinski definition) is 3. The first-order valence-electron chi connectivity index (χ1n) is 6.94. The third kappa shape index (κ3) is 3.09. The Hall–Kier alpha value is -2.02. The molecule has 0 unspecified atom stereocenters. The van der Waals surface area contributed by atoms with Crippen LogP contribution in [0.4, 0.5) is 8.78 Å². The van der Waals surface area contributed by atoms with Crippen LogP contribution < -0.4 is 5.32 Å². The van der Waals surface area contributed by atoms with Gasteiger partial charge in [-0.15, -0.1) is 0 Å². The molecule has 1 heterocycles. The summed E-state index contributed by atoms with van der Waals surface area (Å²) in [5, 5.41) is 11.3. The molecule has 1 atom stereocenters. The molecule has 7 heteroatoms. The second kappa shape index (κ2) is 6.39. The van der Waals surface area contributed by atoms with Crippen molar-refractivity contribution >= 4 is 11.9 Å². The Morgan fingerprint density at radius 3 is 2.50 bits per heavy atom. The minimum absolute atomic E-state index is 0.0623. The fourth-order valence-electron chi connectivity index (χ4n) is 2.61. The van der Waals surface area contributed by atoms with Crippen molar-refractivity contribution in [3.8, 4) is 0 Å². The number of hydrogen-bond donors (Lipinski definition) is 2. The lowest BCUT2D eigenvalue weighted by Gasteiger charge is -2.36. The molecule has 5 nitrogen and oxygen atoms in total. The van der Waals surface area contributed by atoms with Crippen molar-refractivity contribution in [2.75, 3.05) is 13.2 Å². The third-order valence-electron chi connectivity index (χ3n) is 3.95. The molecule has 1 aromatic carbocycles. The lowest BCUT2D eigenvalue weighted by atomic mass is 9.73. The molecule has 0 aromatic heterocycles. The monoisotopic (exact) mass is 313 g/mol. The standard InChI is InChI=1S/C15H17F2NO4/c1-9(13(19)20)18-14(21)15(4-6-22-7-5-15)11-3-2-10(16)8-12(11)17/h2-3,8-9H,4-7H2,1H3,(H,18,21)(H,19,20)/t9-/m1/s1. The zero-order valence-electron chi connectivity index (χ0n) is 12.1. The van der Waals surface area contributed by atoms with Crippen LogP contribution in [0.2, 0.25) is 0 Å². The summed E-state index contributed by atoms with van der Waals surface area (Å²) in [6.45, 7) is 1.81. The highest BCUT2D eigenvalue weighted by molar-refractivity contribution is 5.91. The smallest absolute Gasteiger partial charge is 0.325 e. The molecule has 0 aliphatic carbocycles. The van der Waals surface area contributed by atoms with Gasteiger partial charge >= 0.3 is 5.97 Å². The van der Waals surface area contributed by atoms with E-state index >= 15 is 0 Å². The Balaban J connectivity index is 2.39. The second-order valence-corrected chi connectivity index (χ2v) is 5.35. The van der Waals surface area contributed by atoms with E-state index in [0.717, 1.165) is 12.1 Å². The summed E-state index contributed by atoms with van der Waals surface area (Å²) in [4.78, 5) is 23.5. The number of aliphatic carboxylic acids is 1. The van der Waals surface area contributed by atoms with Crippen molar-refractivity contribution in [2.45, 2.75) is 31.2 Å². The average molecular weight is 313 g/mol. The van der Waals surface area contributed by atoms with E-state index < -0.39 is 35.0 Å². The van der Waals surface area contributed by atoms with Crippen molar-refractivity contribution in [3.63, 3.8) is 0 Å². The Bertz CT molecular complexity index is 585. The van der Waals surface area contributed by atoms with E-state index in [2.05, 4.69) is 5.32 Å². The van der Waals surface area contributed by atoms with Crippen LogP contribution >= 0.6 is 0 Å². The number of ether oxygens (including phenoxy) is 1. The average Bonchev–Trinajstić information content (AvgIpc) is 2.47. The van der Waals surface area contributed by atoms with Gasteiger partial charge in [-0.1, -0.05) is 6.07 Å². The lowest BCUT2D eigenvalue weighted by Crippen LogP contribution is -2.52. The van der Waals surface area contributed by atoms with Crippen molar-refractivity contribution in [3.05, 3.63) is 35.4 Å². The molecule has 22 heavy (non-hydrogen) atoms. The maximum Gasteiger partial charge on any atom is 0.325 e. The first-order valence-corrected chi connectivity index (χ1v) is 6.94. The Kier molecular flexibility index (Phi) is 4.75. The first-order chi connectivity index (χ1) is 10.4. The quantitative estimate of drug-likeness (QED) is 0.885. The minimum Gasteiger partial charge on any atom is -0.480 e. The van der Waals surface area contributed by atoms with Crippen LogP contribution in [-0.4, -0.2) is 36.2 Å². The topological polar surface area (TPSA) is 75.6 Å². The number of nitrogens with one attached hydrogen (secondary N) is 1. The summed E-state index contributed by atoms with van der Waals surface area (Å²) < 4.78 is 32.5. The number of carbonyl (C=O) groups is 2. The van der Waals surface area contributed by atoms with Crippen LogP contribution in [-0.2, 0) is 19.7 Å². The minimum atomic E-state index is -1.25. The van der Waals surface area contributed by atoms with Crippen molar-refractivity contribution < 1.29 is 28.2 Å². The van der Waals surface area contributed by atoms with E-state index in [9.17, 15) is 18.4 Å². The van der Waals surface area contributed by atoms with E-state index in [0.29, 0.717) is 0 Å². The maximum absolute atomic E-state index is 14.2. The van der Waals surface area contributed by atoms with Crippen LogP contribution in [0.25, 0.3) is 0 Å². The first kappa shape index (κ1) is 16.4. The summed E-state index contributed by atoms with van der Waals surface area (Å²) in [7, 11) is 0. The largest absolute Gasteiger partial charge is 0.480 e. The summed E-state index contributed by atoms with van der Waals surface area (Å²) in [6.07, 6.45) is 0.404. The molecule has 120 valence electrons. The molecule has 1 amide bonds. The number of carboxylic acid groups (broad SMARTS) is 1. The van der Waals surface area contributed by atoms with Gasteiger partial charge in [0.25, 0.3) is 0 Å². The third-order valence-corrected chi connectivity index (χ3v) is 3.95. The number of halogens is 2. The maximum atomic E-state index is 14.2. The zero-order valence-corrected chi connectivity index (χ0v) is 12.1. The number of carboxylic acids is 1. The van der Waals surface area contributed by atoms with Crippen LogP contribution in [0.1, 0.15) is 25.3 Å². The van der Waals surface area contributed by atoms with E-state index in [1.54, 1.807) is 0 Å². The normalized spacial score (nSPS) is 18.5. The van der Waals surface area contributed by atoms with Crippen LogP contribution in [0.15, 0.2) is 18.2 Å². The van der Waals surface area contributed by atoms with Crippen molar-refractivity contribution in [1.82, 2.24) is 5.32 Å². The highest BCUT2D eigenvalue weighted by Gasteiger charge is 2.44. The molecule has 1 fully saturated rings. The molecule has 2 rings (SSSR count). The van der Waals surface area contributed by atoms with Crippen molar-refractivity contribution in [2.24, 2.45) is 0 Å². The summed E-state index contributed by atoms with van der Waals surface area (Å²) in [5.74, 6) is -3.32. The number of carbonyl (C=O) groups excluding carboxylic acids is 1. The van der Waals surface area contributed by atoms with Gasteiger partial charge in [-0.2, -0.15) is 0 Å². The second-order valence-electron chi connectivity index (χ2n) is 5.35. The molecule has 1 aliphatic heterocycles. The van der Waals surface area contributed by atoms with E-state index in [1.165, 1.54) is 13.0 Å². The molecule has 2 N–H and O–H groups in total. The van der Waals surface area contributed by atoms with Gasteiger partial charge in [-0.25, -0.2) is 8.78 Å². The molecule has 0 bridgehead atoms. The number of benzene rings is 1. The predicted molar refractivity (Wildman–Crippen MR) is 73.3 cm³/mol. The molecule has 0 radical (unpaired) electrons. The Morgan fingerprint density at radius 1 is 1.32 bits per heavy atom. The molecule has 1 aliphatic rings. The lowest BCUT2D eigenvalue weighted by molar-refractivity contribution is -0.143. The van der Waals surface area contributed by atoms with Crippen LogP contribution in [0.5, 0.6) is 0 Å². The van der Waals surface area contributed by atoms with Gasteiger partial charge < -0.3 is 15.2 Å². The fourth-order valence-corrected chi connectivity index (χ4v) is 2.61. The molecule has 0 saturated carbocycles. The van der Waals surface area contributed by atoms with Gasteiger partial charge in [0.1, 0.15) is 17.7 Å². The zero-order chi connectivity index (χ0) is 16.3. The van der Waals surface area contributed by atoms with Crippen LogP contribution in [0.3, 0.4) is 0 Å². The summed E-state index contributed by atoms with van der Waals surface area (Å²) >= 11 is 0. The predicted octanol–water partition coefficient (Wildman–Crippen LogP) is 1.60. The van der Waals surface area contributed by atoms with Gasteiger partial charge in [0.15, 0.2) is 0 Å². The SMILES string of the molecule is C[C@@H](NC(=O)C1(c2ccc(F)cc2F)CCOCC1)C(=O)O. The highest BCUT2D eigenvalue weighted by atomic mass is 19.1. The summed E-state index contributed by atoms with van der Waals surface area (Å²) in [6, 6.07) is 1.95. The molecule has 1 saturated heterocycles. The van der Waals surface area contributed by atoms with E-state index in [-0.39, 0.29) is 31.6 Å². The summed E-state index contributed by atoms with van der Waals surface area (Å²) in [5.41, 5.74) is -1.19. The van der Waals surface area contributed by atoms with Gasteiger partial charge in [0.2, 0.25) is 5.91 Å². The fraction of sp³-hybridized carbons (Fsp3) is 0.467. The van der Waals surface area contributed by atoms with Gasteiger partial charge in [-0.3, -0.25) is 9.59 Å². The van der Waals surface area contributed by atoms with Gasteiger partial charge in [-0.05, 0) is 25.8 Å². The highest BCUT2D eigenvalue weighted by Crippen LogP contribution is 2.37. The number of amides is 1. The molecular formula is C15H17F2NO4. The van der Waals surface area contributed by atoms with Crippen molar-refractivity contribution in [1.29, 1.82) is 0 Å². The van der Waals surface area contributed by atoms with Gasteiger partial charge in [0, 0.05) is 24.8 Å². The van der Waals surface area contributed by atoms with E-state index in [4.69, 9.17) is 9.84 Å².